The minimum atomic E-state index is -1.03. The topological polar surface area (TPSA) is 66.4 Å². The minimum Gasteiger partial charge on any atom is -0.478 e. The lowest BCUT2D eigenvalue weighted by molar-refractivity contribution is -0.119. The van der Waals surface area contributed by atoms with Crippen LogP contribution in [-0.2, 0) is 4.79 Å². The zero-order valence-corrected chi connectivity index (χ0v) is 11.2. The van der Waals surface area contributed by atoms with Gasteiger partial charge in [-0.3, -0.25) is 4.79 Å². The first-order valence-electron chi connectivity index (χ1n) is 5.29. The molecular formula is C12H14BrNO3. The van der Waals surface area contributed by atoms with Crippen molar-refractivity contribution in [1.29, 1.82) is 0 Å². The summed E-state index contributed by atoms with van der Waals surface area (Å²) in [5.74, 6) is -1.23. The first-order chi connectivity index (χ1) is 7.95. The van der Waals surface area contributed by atoms with Gasteiger partial charge in [0.15, 0.2) is 0 Å². The van der Waals surface area contributed by atoms with Crippen LogP contribution in [0.2, 0.25) is 0 Å². The van der Waals surface area contributed by atoms with Crippen LogP contribution in [0.15, 0.2) is 22.7 Å². The number of nitrogens with one attached hydrogen (secondary N) is 1. The second-order valence-corrected chi connectivity index (χ2v) is 4.65. The zero-order chi connectivity index (χ0) is 13.0. The van der Waals surface area contributed by atoms with Crippen molar-refractivity contribution in [2.45, 2.75) is 20.3 Å². The lowest BCUT2D eigenvalue weighted by Crippen LogP contribution is -2.19. The predicted molar refractivity (Wildman–Crippen MR) is 69.2 cm³/mol. The molecule has 0 radical (unpaired) electrons. The van der Waals surface area contributed by atoms with Crippen molar-refractivity contribution in [2.24, 2.45) is 5.92 Å². The summed E-state index contributed by atoms with van der Waals surface area (Å²) >= 11 is 3.15. The first-order valence-corrected chi connectivity index (χ1v) is 6.08. The van der Waals surface area contributed by atoms with E-state index in [1.807, 2.05) is 13.8 Å². The van der Waals surface area contributed by atoms with Gasteiger partial charge in [0.05, 0.1) is 5.56 Å². The molecule has 4 nitrogen and oxygen atoms in total. The molecule has 0 bridgehead atoms. The Morgan fingerprint density at radius 2 is 2.12 bits per heavy atom. The largest absolute Gasteiger partial charge is 0.478 e. The number of aromatic carboxylic acids is 1. The van der Waals surface area contributed by atoms with Crippen LogP contribution in [0.5, 0.6) is 0 Å². The van der Waals surface area contributed by atoms with Crippen LogP contribution < -0.4 is 5.32 Å². The number of carbonyl (C=O) groups is 2. The van der Waals surface area contributed by atoms with Gasteiger partial charge in [-0.2, -0.15) is 0 Å². The van der Waals surface area contributed by atoms with Gasteiger partial charge in [0, 0.05) is 16.1 Å². The fourth-order valence-corrected chi connectivity index (χ4v) is 1.63. The molecule has 1 aromatic carbocycles. The Kier molecular flexibility index (Phi) is 4.69. The van der Waals surface area contributed by atoms with E-state index < -0.39 is 5.97 Å². The zero-order valence-electron chi connectivity index (χ0n) is 9.66. The van der Waals surface area contributed by atoms with Gasteiger partial charge in [-0.15, -0.1) is 0 Å². The fourth-order valence-electron chi connectivity index (χ4n) is 1.22. The van der Waals surface area contributed by atoms with E-state index in [4.69, 9.17) is 5.11 Å². The molecule has 1 atom stereocenters. The Hall–Kier alpha value is -1.36. The van der Waals surface area contributed by atoms with Crippen LogP contribution in [0.3, 0.4) is 0 Å². The summed E-state index contributed by atoms with van der Waals surface area (Å²) in [6.07, 6.45) is 0.744. The molecule has 0 saturated heterocycles. The van der Waals surface area contributed by atoms with Crippen molar-refractivity contribution in [1.82, 2.24) is 0 Å². The van der Waals surface area contributed by atoms with Gasteiger partial charge in [0.25, 0.3) is 0 Å². The molecule has 0 aliphatic rings. The van der Waals surface area contributed by atoms with Crippen molar-refractivity contribution in [3.05, 3.63) is 28.2 Å². The lowest BCUT2D eigenvalue weighted by Gasteiger charge is -2.10. The van der Waals surface area contributed by atoms with Gasteiger partial charge < -0.3 is 10.4 Å². The number of carboxylic acids is 1. The van der Waals surface area contributed by atoms with Gasteiger partial charge in [0.1, 0.15) is 0 Å². The molecule has 1 rings (SSSR count). The summed E-state index contributed by atoms with van der Waals surface area (Å²) in [5.41, 5.74) is 0.628. The molecule has 0 aliphatic heterocycles. The summed E-state index contributed by atoms with van der Waals surface area (Å²) in [4.78, 5) is 22.5. The Bertz CT molecular complexity index is 445. The smallest absolute Gasteiger partial charge is 0.336 e. The molecule has 5 heteroatoms. The maximum atomic E-state index is 11.6. The van der Waals surface area contributed by atoms with E-state index in [0.29, 0.717) is 10.2 Å². The second kappa shape index (κ2) is 5.82. The molecule has 2 N–H and O–H groups in total. The number of hydrogen-bond donors (Lipinski definition) is 2. The van der Waals surface area contributed by atoms with Gasteiger partial charge in [-0.05, 0) is 40.5 Å². The fraction of sp³-hybridized carbons (Fsp3) is 0.333. The average Bonchev–Trinajstić information content (AvgIpc) is 2.30. The van der Waals surface area contributed by atoms with Crippen molar-refractivity contribution in [3.63, 3.8) is 0 Å². The highest BCUT2D eigenvalue weighted by atomic mass is 79.9. The molecule has 0 aliphatic carbocycles. The van der Waals surface area contributed by atoms with E-state index in [1.54, 1.807) is 12.1 Å². The van der Waals surface area contributed by atoms with Crippen molar-refractivity contribution < 1.29 is 14.7 Å². The quantitative estimate of drug-likeness (QED) is 0.897. The SMILES string of the molecule is CCC(C)C(=O)Nc1ccc(Br)c(C(=O)O)c1. The van der Waals surface area contributed by atoms with Crippen LogP contribution in [0, 0.1) is 5.92 Å². The number of carbonyl (C=O) groups excluding carboxylic acids is 1. The van der Waals surface area contributed by atoms with Crippen molar-refractivity contribution in [2.75, 3.05) is 5.32 Å². The van der Waals surface area contributed by atoms with E-state index in [-0.39, 0.29) is 17.4 Å². The van der Waals surface area contributed by atoms with Crippen molar-refractivity contribution in [3.8, 4) is 0 Å². The molecule has 1 unspecified atom stereocenters. The molecule has 0 fully saturated rings. The molecule has 0 saturated carbocycles. The summed E-state index contributed by atoms with van der Waals surface area (Å²) in [7, 11) is 0. The monoisotopic (exact) mass is 299 g/mol. The van der Waals surface area contributed by atoms with Crippen LogP contribution in [0.1, 0.15) is 30.6 Å². The summed E-state index contributed by atoms with van der Waals surface area (Å²) in [6.45, 7) is 3.75. The third kappa shape index (κ3) is 3.56. The number of rotatable bonds is 4. The molecule has 0 heterocycles. The Morgan fingerprint density at radius 3 is 2.65 bits per heavy atom. The second-order valence-electron chi connectivity index (χ2n) is 3.80. The van der Waals surface area contributed by atoms with Crippen LogP contribution in [0.25, 0.3) is 0 Å². The predicted octanol–water partition coefficient (Wildman–Crippen LogP) is 3.13. The summed E-state index contributed by atoms with van der Waals surface area (Å²) in [6, 6.07) is 4.71. The number of amides is 1. The van der Waals surface area contributed by atoms with Crippen LogP contribution in [0.4, 0.5) is 5.69 Å². The molecule has 1 aromatic rings. The molecule has 1 amide bonds. The number of benzene rings is 1. The maximum absolute atomic E-state index is 11.6. The Morgan fingerprint density at radius 1 is 1.47 bits per heavy atom. The standard InChI is InChI=1S/C12H14BrNO3/c1-3-7(2)11(15)14-8-4-5-10(13)9(6-8)12(16)17/h4-7H,3H2,1-2H3,(H,14,15)(H,16,17). The number of hydrogen-bond acceptors (Lipinski definition) is 2. The number of anilines is 1. The normalized spacial score (nSPS) is 11.9. The first kappa shape index (κ1) is 13.7. The third-order valence-electron chi connectivity index (χ3n) is 2.52. The molecule has 92 valence electrons. The molecular weight excluding hydrogens is 286 g/mol. The van der Waals surface area contributed by atoms with E-state index in [9.17, 15) is 9.59 Å². The Labute approximate surface area is 108 Å². The van der Waals surface area contributed by atoms with Crippen LogP contribution in [-0.4, -0.2) is 17.0 Å². The summed E-state index contributed by atoms with van der Waals surface area (Å²) in [5, 5.41) is 11.6. The van der Waals surface area contributed by atoms with E-state index in [0.717, 1.165) is 6.42 Å². The Balaban J connectivity index is 2.90. The van der Waals surface area contributed by atoms with Crippen molar-refractivity contribution >= 4 is 33.5 Å². The van der Waals surface area contributed by atoms with E-state index >= 15 is 0 Å². The average molecular weight is 300 g/mol. The van der Waals surface area contributed by atoms with Gasteiger partial charge in [-0.25, -0.2) is 4.79 Å². The number of halogens is 1. The lowest BCUT2D eigenvalue weighted by atomic mass is 10.1. The highest BCUT2D eigenvalue weighted by molar-refractivity contribution is 9.10. The van der Waals surface area contributed by atoms with E-state index in [2.05, 4.69) is 21.2 Å². The van der Waals surface area contributed by atoms with Gasteiger partial charge in [0.2, 0.25) is 5.91 Å². The van der Waals surface area contributed by atoms with Crippen LogP contribution >= 0.6 is 15.9 Å². The molecule has 17 heavy (non-hydrogen) atoms. The highest BCUT2D eigenvalue weighted by Crippen LogP contribution is 2.21. The highest BCUT2D eigenvalue weighted by Gasteiger charge is 2.13. The third-order valence-corrected chi connectivity index (χ3v) is 3.22. The van der Waals surface area contributed by atoms with Gasteiger partial charge >= 0.3 is 5.97 Å². The number of carboxylic acid groups (broad SMARTS) is 1. The summed E-state index contributed by atoms with van der Waals surface area (Å²) < 4.78 is 0.492. The van der Waals surface area contributed by atoms with E-state index in [1.165, 1.54) is 6.07 Å². The molecule has 0 aromatic heterocycles. The molecule has 0 spiro atoms. The minimum absolute atomic E-state index is 0.0908. The van der Waals surface area contributed by atoms with Gasteiger partial charge in [-0.1, -0.05) is 13.8 Å². The maximum Gasteiger partial charge on any atom is 0.336 e.